The molecule has 114 valence electrons. The number of hydrogen-bond donors (Lipinski definition) is 1. The van der Waals surface area contributed by atoms with Crippen LogP contribution in [-0.4, -0.2) is 46.5 Å². The van der Waals surface area contributed by atoms with Gasteiger partial charge in [0.25, 0.3) is 0 Å². The van der Waals surface area contributed by atoms with E-state index in [9.17, 15) is 5.11 Å². The number of methoxy groups -OCH3 is 1. The Bertz CT molecular complexity index is 573. The van der Waals surface area contributed by atoms with Gasteiger partial charge in [0.05, 0.1) is 19.3 Å². The Morgan fingerprint density at radius 3 is 2.52 bits per heavy atom. The van der Waals surface area contributed by atoms with Crippen molar-refractivity contribution in [2.75, 3.05) is 20.7 Å². The Labute approximate surface area is 124 Å². The Hall–Kier alpha value is -1.92. The summed E-state index contributed by atoms with van der Waals surface area (Å²) in [5.74, 6) is 1.85. The van der Waals surface area contributed by atoms with Crippen LogP contribution in [0.1, 0.15) is 19.7 Å². The molecule has 1 aromatic carbocycles. The van der Waals surface area contributed by atoms with E-state index in [1.807, 2.05) is 36.2 Å². The average Bonchev–Trinajstić information content (AvgIpc) is 2.85. The standard InChI is InChI=1S/C15H21N3O3/c1-15(2,19)10-18(3)9-13-16-14(17-21-13)11-5-7-12(20-4)8-6-11/h5-8,19H,9-10H2,1-4H3. The number of nitrogens with zero attached hydrogens (tertiary/aromatic N) is 3. The first-order chi connectivity index (χ1) is 9.87. The van der Waals surface area contributed by atoms with E-state index in [1.165, 1.54) is 0 Å². The highest BCUT2D eigenvalue weighted by Crippen LogP contribution is 2.20. The third kappa shape index (κ3) is 4.54. The molecule has 2 aromatic rings. The zero-order valence-corrected chi connectivity index (χ0v) is 12.8. The number of aromatic nitrogens is 2. The molecule has 6 heteroatoms. The van der Waals surface area contributed by atoms with Crippen molar-refractivity contribution in [1.29, 1.82) is 0 Å². The third-order valence-corrected chi connectivity index (χ3v) is 2.88. The Morgan fingerprint density at radius 1 is 1.29 bits per heavy atom. The Balaban J connectivity index is 2.03. The van der Waals surface area contributed by atoms with Crippen LogP contribution in [0.2, 0.25) is 0 Å². The van der Waals surface area contributed by atoms with Gasteiger partial charge in [-0.3, -0.25) is 4.90 Å². The van der Waals surface area contributed by atoms with Crippen molar-refractivity contribution in [3.63, 3.8) is 0 Å². The lowest BCUT2D eigenvalue weighted by molar-refractivity contribution is 0.0397. The lowest BCUT2D eigenvalue weighted by Crippen LogP contribution is -2.35. The summed E-state index contributed by atoms with van der Waals surface area (Å²) in [4.78, 5) is 6.30. The summed E-state index contributed by atoms with van der Waals surface area (Å²) in [7, 11) is 3.52. The van der Waals surface area contributed by atoms with Gasteiger partial charge in [0.1, 0.15) is 5.75 Å². The van der Waals surface area contributed by atoms with E-state index in [4.69, 9.17) is 9.26 Å². The summed E-state index contributed by atoms with van der Waals surface area (Å²) in [5.41, 5.74) is 0.115. The first-order valence-corrected chi connectivity index (χ1v) is 6.75. The highest BCUT2D eigenvalue weighted by molar-refractivity contribution is 5.55. The molecule has 0 aliphatic heterocycles. The average molecular weight is 291 g/mol. The van der Waals surface area contributed by atoms with Gasteiger partial charge in [0, 0.05) is 12.1 Å². The molecule has 1 N–H and O–H groups in total. The Morgan fingerprint density at radius 2 is 1.95 bits per heavy atom. The van der Waals surface area contributed by atoms with E-state index in [2.05, 4.69) is 10.1 Å². The number of likely N-dealkylation sites (N-methyl/N-ethyl adjacent to an activating group) is 1. The van der Waals surface area contributed by atoms with E-state index < -0.39 is 5.60 Å². The third-order valence-electron chi connectivity index (χ3n) is 2.88. The van der Waals surface area contributed by atoms with E-state index in [0.29, 0.717) is 24.8 Å². The van der Waals surface area contributed by atoms with E-state index in [1.54, 1.807) is 21.0 Å². The molecule has 0 fully saturated rings. The van der Waals surface area contributed by atoms with Crippen LogP contribution < -0.4 is 4.74 Å². The minimum absolute atomic E-state index is 0.493. The second-order valence-corrected chi connectivity index (χ2v) is 5.72. The van der Waals surface area contributed by atoms with Crippen LogP contribution in [0, 0.1) is 0 Å². The van der Waals surface area contributed by atoms with Crippen LogP contribution in [0.3, 0.4) is 0 Å². The van der Waals surface area contributed by atoms with Crippen molar-refractivity contribution in [2.45, 2.75) is 26.0 Å². The molecule has 0 aliphatic carbocycles. The summed E-state index contributed by atoms with van der Waals surface area (Å²) < 4.78 is 10.4. The smallest absolute Gasteiger partial charge is 0.241 e. The molecule has 1 aromatic heterocycles. The summed E-state index contributed by atoms with van der Waals surface area (Å²) >= 11 is 0. The van der Waals surface area contributed by atoms with Crippen molar-refractivity contribution in [1.82, 2.24) is 15.0 Å². The van der Waals surface area contributed by atoms with E-state index in [0.717, 1.165) is 11.3 Å². The van der Waals surface area contributed by atoms with Crippen LogP contribution >= 0.6 is 0 Å². The predicted molar refractivity (Wildman–Crippen MR) is 78.9 cm³/mol. The molecule has 0 amide bonds. The normalized spacial score (nSPS) is 11.9. The van der Waals surface area contributed by atoms with E-state index in [-0.39, 0.29) is 0 Å². The zero-order valence-electron chi connectivity index (χ0n) is 12.8. The number of benzene rings is 1. The van der Waals surface area contributed by atoms with Crippen molar-refractivity contribution < 1.29 is 14.4 Å². The maximum atomic E-state index is 9.78. The molecule has 0 atom stereocenters. The number of rotatable bonds is 6. The van der Waals surface area contributed by atoms with Crippen LogP contribution in [0.4, 0.5) is 0 Å². The monoisotopic (exact) mass is 291 g/mol. The summed E-state index contributed by atoms with van der Waals surface area (Å²) in [6.45, 7) is 4.54. The van der Waals surface area contributed by atoms with Gasteiger partial charge in [-0.2, -0.15) is 4.98 Å². The molecule has 1 heterocycles. The van der Waals surface area contributed by atoms with Gasteiger partial charge in [0.15, 0.2) is 0 Å². The van der Waals surface area contributed by atoms with Gasteiger partial charge < -0.3 is 14.4 Å². The maximum absolute atomic E-state index is 9.78. The van der Waals surface area contributed by atoms with Crippen LogP contribution in [0.15, 0.2) is 28.8 Å². The quantitative estimate of drug-likeness (QED) is 0.877. The Kier molecular flexibility index (Phi) is 4.59. The molecule has 0 saturated carbocycles. The minimum Gasteiger partial charge on any atom is -0.497 e. The van der Waals surface area contributed by atoms with Crippen LogP contribution in [0.25, 0.3) is 11.4 Å². The second kappa shape index (κ2) is 6.24. The van der Waals surface area contributed by atoms with Crippen molar-refractivity contribution in [3.8, 4) is 17.1 Å². The van der Waals surface area contributed by atoms with Crippen LogP contribution in [0.5, 0.6) is 5.75 Å². The van der Waals surface area contributed by atoms with Gasteiger partial charge in [-0.25, -0.2) is 0 Å². The van der Waals surface area contributed by atoms with Crippen LogP contribution in [-0.2, 0) is 6.54 Å². The second-order valence-electron chi connectivity index (χ2n) is 5.72. The van der Waals surface area contributed by atoms with Gasteiger partial charge in [-0.1, -0.05) is 5.16 Å². The first kappa shape index (κ1) is 15.5. The molecule has 21 heavy (non-hydrogen) atoms. The fourth-order valence-electron chi connectivity index (χ4n) is 2.12. The summed E-state index contributed by atoms with van der Waals surface area (Å²) in [6, 6.07) is 7.47. The van der Waals surface area contributed by atoms with E-state index >= 15 is 0 Å². The highest BCUT2D eigenvalue weighted by atomic mass is 16.5. The van der Waals surface area contributed by atoms with Crippen molar-refractivity contribution >= 4 is 0 Å². The number of ether oxygens (including phenoxy) is 1. The molecule has 6 nitrogen and oxygen atoms in total. The molecule has 0 radical (unpaired) electrons. The minimum atomic E-state index is -0.756. The van der Waals surface area contributed by atoms with Gasteiger partial charge >= 0.3 is 0 Å². The first-order valence-electron chi connectivity index (χ1n) is 6.75. The van der Waals surface area contributed by atoms with Gasteiger partial charge in [-0.05, 0) is 45.2 Å². The SMILES string of the molecule is COc1ccc(-c2noc(CN(C)CC(C)(C)O)n2)cc1. The summed E-state index contributed by atoms with van der Waals surface area (Å²) in [6.07, 6.45) is 0. The molecule has 0 saturated heterocycles. The fraction of sp³-hybridized carbons (Fsp3) is 0.467. The zero-order chi connectivity index (χ0) is 15.5. The van der Waals surface area contributed by atoms with Crippen molar-refractivity contribution in [2.24, 2.45) is 0 Å². The topological polar surface area (TPSA) is 71.6 Å². The van der Waals surface area contributed by atoms with Crippen molar-refractivity contribution in [3.05, 3.63) is 30.2 Å². The molecular formula is C15H21N3O3. The molecule has 0 aliphatic rings. The highest BCUT2D eigenvalue weighted by Gasteiger charge is 2.18. The fourth-order valence-corrected chi connectivity index (χ4v) is 2.12. The predicted octanol–water partition coefficient (Wildman–Crippen LogP) is 1.95. The van der Waals surface area contributed by atoms with Gasteiger partial charge in [0.2, 0.25) is 11.7 Å². The maximum Gasteiger partial charge on any atom is 0.241 e. The molecular weight excluding hydrogens is 270 g/mol. The summed E-state index contributed by atoms with van der Waals surface area (Å²) in [5, 5.41) is 13.8. The lowest BCUT2D eigenvalue weighted by atomic mass is 10.1. The number of aliphatic hydroxyl groups is 1. The lowest BCUT2D eigenvalue weighted by Gasteiger charge is -2.23. The molecule has 0 unspecified atom stereocenters. The molecule has 0 spiro atoms. The molecule has 0 bridgehead atoms. The number of hydrogen-bond acceptors (Lipinski definition) is 6. The largest absolute Gasteiger partial charge is 0.497 e. The van der Waals surface area contributed by atoms with Gasteiger partial charge in [-0.15, -0.1) is 0 Å². The molecule has 2 rings (SSSR count).